The van der Waals surface area contributed by atoms with Crippen molar-refractivity contribution in [2.75, 3.05) is 32.7 Å². The van der Waals surface area contributed by atoms with Gasteiger partial charge in [-0.1, -0.05) is 13.3 Å². The van der Waals surface area contributed by atoms with Gasteiger partial charge in [-0.05, 0) is 32.4 Å². The highest BCUT2D eigenvalue weighted by Crippen LogP contribution is 2.10. The van der Waals surface area contributed by atoms with Gasteiger partial charge >= 0.3 is 6.09 Å². The van der Waals surface area contributed by atoms with Crippen molar-refractivity contribution in [3.8, 4) is 0 Å². The van der Waals surface area contributed by atoms with E-state index in [-0.39, 0.29) is 12.2 Å². The maximum absolute atomic E-state index is 11.0. The highest BCUT2D eigenvalue weighted by molar-refractivity contribution is 5.69. The molecule has 2 aliphatic rings. The average Bonchev–Trinajstić information content (AvgIpc) is 2.76. The number of ether oxygens (including phenoxy) is 1. The molecule has 2 aliphatic heterocycles. The number of carbonyl (C=O) groups excluding carboxylic acids is 1. The predicted octanol–water partition coefficient (Wildman–Crippen LogP) is 0.949. The molecule has 2 fully saturated rings. The smallest absolute Gasteiger partial charge is 0.407 e. The molecular formula is C13H25N3O2. The molecule has 0 bridgehead atoms. The Morgan fingerprint density at radius 3 is 2.89 bits per heavy atom. The number of rotatable bonds is 6. The third-order valence-corrected chi connectivity index (χ3v) is 3.64. The number of cyclic esters (lactones) is 1. The number of piperidine rings is 1. The van der Waals surface area contributed by atoms with Crippen LogP contribution in [0, 0.1) is 0 Å². The van der Waals surface area contributed by atoms with E-state index >= 15 is 0 Å². The summed E-state index contributed by atoms with van der Waals surface area (Å²) in [6.07, 6.45) is 4.79. The van der Waals surface area contributed by atoms with Crippen LogP contribution in [0.1, 0.15) is 32.6 Å². The van der Waals surface area contributed by atoms with Gasteiger partial charge in [-0.25, -0.2) is 4.79 Å². The van der Waals surface area contributed by atoms with Crippen LogP contribution in [0.15, 0.2) is 0 Å². The fourth-order valence-corrected chi connectivity index (χ4v) is 2.79. The molecule has 1 amide bonds. The second kappa shape index (κ2) is 6.95. The molecule has 0 aromatic carbocycles. The Morgan fingerprint density at radius 1 is 1.39 bits per heavy atom. The molecular weight excluding hydrogens is 230 g/mol. The van der Waals surface area contributed by atoms with Crippen LogP contribution in [-0.2, 0) is 4.74 Å². The van der Waals surface area contributed by atoms with E-state index in [9.17, 15) is 4.79 Å². The summed E-state index contributed by atoms with van der Waals surface area (Å²) in [4.78, 5) is 13.4. The molecule has 0 aromatic heterocycles. The van der Waals surface area contributed by atoms with E-state index in [1.165, 1.54) is 19.3 Å². The summed E-state index contributed by atoms with van der Waals surface area (Å²) in [5.74, 6) is 0. The summed E-state index contributed by atoms with van der Waals surface area (Å²) in [5, 5.41) is 6.29. The Morgan fingerprint density at radius 2 is 2.28 bits per heavy atom. The molecule has 2 saturated heterocycles. The summed E-state index contributed by atoms with van der Waals surface area (Å²) in [7, 11) is 0. The summed E-state index contributed by atoms with van der Waals surface area (Å²) in [5.41, 5.74) is 0. The van der Waals surface area contributed by atoms with Crippen LogP contribution in [0.5, 0.6) is 0 Å². The Hall–Kier alpha value is -0.810. The van der Waals surface area contributed by atoms with Crippen LogP contribution in [0.2, 0.25) is 0 Å². The summed E-state index contributed by atoms with van der Waals surface area (Å²) in [6.45, 7) is 6.99. The van der Waals surface area contributed by atoms with Crippen molar-refractivity contribution in [3.05, 3.63) is 0 Å². The lowest BCUT2D eigenvalue weighted by molar-refractivity contribution is 0.102. The van der Waals surface area contributed by atoms with Crippen molar-refractivity contribution in [1.82, 2.24) is 15.5 Å². The lowest BCUT2D eigenvalue weighted by Crippen LogP contribution is -2.46. The topological polar surface area (TPSA) is 53.6 Å². The number of alkyl carbamates (subject to hydrolysis) is 1. The third kappa shape index (κ3) is 4.14. The first-order chi connectivity index (χ1) is 8.78. The van der Waals surface area contributed by atoms with Crippen molar-refractivity contribution in [2.24, 2.45) is 0 Å². The molecule has 2 unspecified atom stereocenters. The van der Waals surface area contributed by atoms with Gasteiger partial charge in [0.25, 0.3) is 0 Å². The highest BCUT2D eigenvalue weighted by atomic mass is 16.6. The average molecular weight is 255 g/mol. The van der Waals surface area contributed by atoms with Gasteiger partial charge < -0.3 is 15.4 Å². The molecule has 0 radical (unpaired) electrons. The fourth-order valence-electron chi connectivity index (χ4n) is 2.79. The van der Waals surface area contributed by atoms with Crippen molar-refractivity contribution < 1.29 is 9.53 Å². The van der Waals surface area contributed by atoms with Gasteiger partial charge in [0.05, 0.1) is 6.54 Å². The Kier molecular flexibility index (Phi) is 5.26. The lowest BCUT2D eigenvalue weighted by atomic mass is 10.0. The SMILES string of the molecule is CCCN(CC1CCCCN1)CC1CNC(=O)O1. The number of hydrogen-bond donors (Lipinski definition) is 2. The highest BCUT2D eigenvalue weighted by Gasteiger charge is 2.25. The van der Waals surface area contributed by atoms with Crippen LogP contribution >= 0.6 is 0 Å². The van der Waals surface area contributed by atoms with Gasteiger partial charge in [0, 0.05) is 19.1 Å². The quantitative estimate of drug-likeness (QED) is 0.742. The maximum atomic E-state index is 11.0. The Balaban J connectivity index is 1.77. The zero-order chi connectivity index (χ0) is 12.8. The summed E-state index contributed by atoms with van der Waals surface area (Å²) < 4.78 is 5.22. The molecule has 18 heavy (non-hydrogen) atoms. The van der Waals surface area contributed by atoms with Crippen molar-refractivity contribution >= 4 is 6.09 Å². The number of nitrogens with one attached hydrogen (secondary N) is 2. The first-order valence-corrected chi connectivity index (χ1v) is 7.18. The van der Waals surface area contributed by atoms with Crippen molar-refractivity contribution in [2.45, 2.75) is 44.8 Å². The third-order valence-electron chi connectivity index (χ3n) is 3.64. The van der Waals surface area contributed by atoms with E-state index in [1.807, 2.05) is 0 Å². The second-order valence-electron chi connectivity index (χ2n) is 5.31. The number of amides is 1. The molecule has 5 nitrogen and oxygen atoms in total. The normalized spacial score (nSPS) is 28.2. The Labute approximate surface area is 109 Å². The molecule has 2 rings (SSSR count). The molecule has 104 valence electrons. The van der Waals surface area contributed by atoms with Gasteiger partial charge in [0.15, 0.2) is 0 Å². The van der Waals surface area contributed by atoms with E-state index in [0.29, 0.717) is 12.6 Å². The molecule has 0 spiro atoms. The van der Waals surface area contributed by atoms with E-state index in [0.717, 1.165) is 32.6 Å². The van der Waals surface area contributed by atoms with Gasteiger partial charge in [-0.3, -0.25) is 4.90 Å². The van der Waals surface area contributed by atoms with Crippen molar-refractivity contribution in [1.29, 1.82) is 0 Å². The van der Waals surface area contributed by atoms with Gasteiger partial charge in [0.2, 0.25) is 0 Å². The van der Waals surface area contributed by atoms with Gasteiger partial charge in [0.1, 0.15) is 6.10 Å². The predicted molar refractivity (Wildman–Crippen MR) is 70.6 cm³/mol. The molecule has 0 aromatic rings. The Bertz CT molecular complexity index is 267. The van der Waals surface area contributed by atoms with E-state index in [4.69, 9.17) is 4.74 Å². The minimum atomic E-state index is -0.271. The first-order valence-electron chi connectivity index (χ1n) is 7.18. The second-order valence-corrected chi connectivity index (χ2v) is 5.31. The number of nitrogens with zero attached hydrogens (tertiary/aromatic N) is 1. The maximum Gasteiger partial charge on any atom is 0.407 e. The van der Waals surface area contributed by atoms with E-state index in [2.05, 4.69) is 22.5 Å². The van der Waals surface area contributed by atoms with Gasteiger partial charge in [-0.2, -0.15) is 0 Å². The van der Waals surface area contributed by atoms with Crippen LogP contribution in [-0.4, -0.2) is 55.9 Å². The number of hydrogen-bond acceptors (Lipinski definition) is 4. The van der Waals surface area contributed by atoms with Gasteiger partial charge in [-0.15, -0.1) is 0 Å². The summed E-state index contributed by atoms with van der Waals surface area (Å²) >= 11 is 0. The molecule has 2 N–H and O–H groups in total. The molecule has 2 heterocycles. The fraction of sp³-hybridized carbons (Fsp3) is 0.923. The van der Waals surface area contributed by atoms with Crippen LogP contribution in [0.3, 0.4) is 0 Å². The molecule has 2 atom stereocenters. The van der Waals surface area contributed by atoms with Crippen molar-refractivity contribution in [3.63, 3.8) is 0 Å². The van der Waals surface area contributed by atoms with Crippen LogP contribution in [0.4, 0.5) is 4.79 Å². The molecule has 0 saturated carbocycles. The minimum absolute atomic E-state index is 0.0210. The standard InChI is InChI=1S/C13H25N3O2/c1-2-7-16(9-11-5-3-4-6-14-11)10-12-8-15-13(17)18-12/h11-12,14H,2-10H2,1H3,(H,15,17). The monoisotopic (exact) mass is 255 g/mol. The largest absolute Gasteiger partial charge is 0.443 e. The van der Waals surface area contributed by atoms with Crippen LogP contribution in [0.25, 0.3) is 0 Å². The first kappa shape index (κ1) is 13.6. The number of carbonyl (C=O) groups is 1. The zero-order valence-electron chi connectivity index (χ0n) is 11.3. The molecule has 0 aliphatic carbocycles. The lowest BCUT2D eigenvalue weighted by Gasteiger charge is -2.31. The summed E-state index contributed by atoms with van der Waals surface area (Å²) in [6, 6.07) is 0.607. The van der Waals surface area contributed by atoms with E-state index < -0.39 is 0 Å². The molecule has 5 heteroatoms. The minimum Gasteiger partial charge on any atom is -0.443 e. The van der Waals surface area contributed by atoms with E-state index in [1.54, 1.807) is 0 Å². The van der Waals surface area contributed by atoms with Crippen LogP contribution < -0.4 is 10.6 Å². The zero-order valence-corrected chi connectivity index (χ0v) is 11.3.